The lowest BCUT2D eigenvalue weighted by Crippen LogP contribution is -2.38. The molecule has 126 valence electrons. The van der Waals surface area contributed by atoms with Crippen molar-refractivity contribution in [2.75, 3.05) is 11.4 Å². The SMILES string of the molecule is N#Cc1ccccc1-c1ccc(N2CCC(NC=O)C2=O)c(F)c1F. The van der Waals surface area contributed by atoms with Gasteiger partial charge in [0.2, 0.25) is 12.3 Å². The molecule has 2 aromatic carbocycles. The summed E-state index contributed by atoms with van der Waals surface area (Å²) in [5, 5.41) is 11.5. The highest BCUT2D eigenvalue weighted by Crippen LogP contribution is 2.33. The van der Waals surface area contributed by atoms with Crippen LogP contribution in [-0.2, 0) is 9.59 Å². The van der Waals surface area contributed by atoms with E-state index in [0.717, 1.165) is 4.90 Å². The van der Waals surface area contributed by atoms with E-state index < -0.39 is 23.6 Å². The van der Waals surface area contributed by atoms with E-state index in [1.807, 2.05) is 6.07 Å². The lowest BCUT2D eigenvalue weighted by Gasteiger charge is -2.19. The maximum absolute atomic E-state index is 14.6. The fourth-order valence-corrected chi connectivity index (χ4v) is 2.93. The van der Waals surface area contributed by atoms with Gasteiger partial charge in [-0.15, -0.1) is 0 Å². The number of nitriles is 1. The topological polar surface area (TPSA) is 73.2 Å². The van der Waals surface area contributed by atoms with Crippen LogP contribution < -0.4 is 10.2 Å². The van der Waals surface area contributed by atoms with Crippen molar-refractivity contribution in [3.63, 3.8) is 0 Å². The van der Waals surface area contributed by atoms with Crippen molar-refractivity contribution in [2.45, 2.75) is 12.5 Å². The Morgan fingerprint density at radius 2 is 1.92 bits per heavy atom. The van der Waals surface area contributed by atoms with Crippen LogP contribution in [0, 0.1) is 23.0 Å². The van der Waals surface area contributed by atoms with E-state index in [4.69, 9.17) is 5.26 Å². The highest BCUT2D eigenvalue weighted by atomic mass is 19.2. The minimum Gasteiger partial charge on any atom is -0.347 e. The largest absolute Gasteiger partial charge is 0.347 e. The van der Waals surface area contributed by atoms with Gasteiger partial charge in [0.05, 0.1) is 17.3 Å². The van der Waals surface area contributed by atoms with Gasteiger partial charge in [0, 0.05) is 17.7 Å². The Kier molecular flexibility index (Phi) is 4.44. The van der Waals surface area contributed by atoms with Crippen molar-refractivity contribution < 1.29 is 18.4 Å². The summed E-state index contributed by atoms with van der Waals surface area (Å²) in [7, 11) is 0. The zero-order valence-electron chi connectivity index (χ0n) is 13.0. The third-order valence-electron chi connectivity index (χ3n) is 4.17. The summed E-state index contributed by atoms with van der Waals surface area (Å²) in [5.74, 6) is -2.78. The molecule has 0 saturated carbocycles. The number of nitrogens with one attached hydrogen (secondary N) is 1. The summed E-state index contributed by atoms with van der Waals surface area (Å²) >= 11 is 0. The van der Waals surface area contributed by atoms with Gasteiger partial charge in [0.25, 0.3) is 0 Å². The smallest absolute Gasteiger partial charge is 0.249 e. The molecule has 25 heavy (non-hydrogen) atoms. The van der Waals surface area contributed by atoms with Gasteiger partial charge in [-0.3, -0.25) is 9.59 Å². The molecule has 1 saturated heterocycles. The molecular formula is C18H13F2N3O2. The van der Waals surface area contributed by atoms with Gasteiger partial charge in [-0.1, -0.05) is 18.2 Å². The minimum absolute atomic E-state index is 0.0485. The maximum atomic E-state index is 14.6. The molecule has 0 radical (unpaired) electrons. The third-order valence-corrected chi connectivity index (χ3v) is 4.17. The molecular weight excluding hydrogens is 328 g/mol. The van der Waals surface area contributed by atoms with Crippen LogP contribution >= 0.6 is 0 Å². The molecule has 0 aromatic heterocycles. The molecule has 2 amide bonds. The first-order chi connectivity index (χ1) is 12.1. The molecule has 5 nitrogen and oxygen atoms in total. The number of carbonyl (C=O) groups excluding carboxylic acids is 2. The molecule has 1 aliphatic rings. The predicted molar refractivity (Wildman–Crippen MR) is 86.5 cm³/mol. The fourth-order valence-electron chi connectivity index (χ4n) is 2.93. The zero-order chi connectivity index (χ0) is 18.0. The molecule has 1 N–H and O–H groups in total. The molecule has 0 bridgehead atoms. The number of anilines is 1. The number of amides is 2. The quantitative estimate of drug-likeness (QED) is 0.868. The Balaban J connectivity index is 2.01. The summed E-state index contributed by atoms with van der Waals surface area (Å²) < 4.78 is 29.2. The van der Waals surface area contributed by atoms with E-state index in [2.05, 4.69) is 5.32 Å². The second-order valence-corrected chi connectivity index (χ2v) is 5.53. The number of hydrogen-bond acceptors (Lipinski definition) is 3. The number of carbonyl (C=O) groups is 2. The van der Waals surface area contributed by atoms with Crippen molar-refractivity contribution in [3.05, 3.63) is 53.6 Å². The first kappa shape index (κ1) is 16.6. The van der Waals surface area contributed by atoms with Gasteiger partial charge in [-0.05, 0) is 24.6 Å². The van der Waals surface area contributed by atoms with E-state index in [1.165, 1.54) is 24.3 Å². The molecule has 1 unspecified atom stereocenters. The molecule has 0 spiro atoms. The van der Waals surface area contributed by atoms with Gasteiger partial charge < -0.3 is 10.2 Å². The van der Waals surface area contributed by atoms with Gasteiger partial charge in [0.1, 0.15) is 6.04 Å². The summed E-state index contributed by atoms with van der Waals surface area (Å²) in [6.45, 7) is 0.175. The average molecular weight is 341 g/mol. The van der Waals surface area contributed by atoms with Crippen LogP contribution in [0.3, 0.4) is 0 Å². The van der Waals surface area contributed by atoms with Crippen molar-refractivity contribution in [1.29, 1.82) is 5.26 Å². The van der Waals surface area contributed by atoms with Gasteiger partial charge in [-0.2, -0.15) is 5.26 Å². The van der Waals surface area contributed by atoms with Crippen LogP contribution in [0.1, 0.15) is 12.0 Å². The lowest BCUT2D eigenvalue weighted by molar-refractivity contribution is -0.121. The number of nitrogens with zero attached hydrogens (tertiary/aromatic N) is 2. The highest BCUT2D eigenvalue weighted by molar-refractivity contribution is 6.00. The molecule has 2 aromatic rings. The van der Waals surface area contributed by atoms with Gasteiger partial charge in [-0.25, -0.2) is 8.78 Å². The maximum Gasteiger partial charge on any atom is 0.249 e. The van der Waals surface area contributed by atoms with Crippen molar-refractivity contribution in [1.82, 2.24) is 5.32 Å². The Bertz CT molecular complexity index is 892. The standard InChI is InChI=1S/C18H13F2N3O2/c19-16-13(12-4-2-1-3-11(12)9-21)5-6-15(17(16)20)23-8-7-14(18(23)25)22-10-24/h1-6,10,14H,7-8H2,(H,22,24). The second-order valence-electron chi connectivity index (χ2n) is 5.53. The monoisotopic (exact) mass is 341 g/mol. The minimum atomic E-state index is -1.16. The van der Waals surface area contributed by atoms with Crippen LogP contribution in [0.25, 0.3) is 11.1 Å². The Morgan fingerprint density at radius 1 is 1.16 bits per heavy atom. The second kappa shape index (κ2) is 6.69. The van der Waals surface area contributed by atoms with Crippen LogP contribution in [-0.4, -0.2) is 24.9 Å². The summed E-state index contributed by atoms with van der Waals surface area (Å²) in [4.78, 5) is 23.8. The summed E-state index contributed by atoms with van der Waals surface area (Å²) in [6, 6.07) is 10.2. The Labute approximate surface area is 142 Å². The lowest BCUT2D eigenvalue weighted by atomic mass is 9.99. The van der Waals surface area contributed by atoms with E-state index >= 15 is 0 Å². The first-order valence-electron chi connectivity index (χ1n) is 7.57. The van der Waals surface area contributed by atoms with Crippen LogP contribution in [0.2, 0.25) is 0 Å². The molecule has 7 heteroatoms. The first-order valence-corrected chi connectivity index (χ1v) is 7.57. The van der Waals surface area contributed by atoms with Gasteiger partial charge in [0.15, 0.2) is 11.6 Å². The third kappa shape index (κ3) is 2.83. The average Bonchev–Trinajstić information content (AvgIpc) is 2.98. The van der Waals surface area contributed by atoms with Crippen LogP contribution in [0.4, 0.5) is 14.5 Å². The predicted octanol–water partition coefficient (Wildman–Crippen LogP) is 2.35. The molecule has 0 aliphatic carbocycles. The Hall–Kier alpha value is -3.27. The van der Waals surface area contributed by atoms with Crippen molar-refractivity contribution in [2.24, 2.45) is 0 Å². The van der Waals surface area contributed by atoms with Gasteiger partial charge >= 0.3 is 0 Å². The molecule has 1 atom stereocenters. The van der Waals surface area contributed by atoms with E-state index in [-0.39, 0.29) is 28.9 Å². The number of hydrogen-bond donors (Lipinski definition) is 1. The van der Waals surface area contributed by atoms with Crippen molar-refractivity contribution >= 4 is 18.0 Å². The van der Waals surface area contributed by atoms with Crippen molar-refractivity contribution in [3.8, 4) is 17.2 Å². The highest BCUT2D eigenvalue weighted by Gasteiger charge is 2.34. The summed E-state index contributed by atoms with van der Waals surface area (Å²) in [6.07, 6.45) is 0.725. The molecule has 3 rings (SSSR count). The molecule has 1 fully saturated rings. The molecule has 1 heterocycles. The molecule has 1 aliphatic heterocycles. The normalized spacial score (nSPS) is 16.6. The number of halogens is 2. The zero-order valence-corrected chi connectivity index (χ0v) is 13.0. The Morgan fingerprint density at radius 3 is 2.64 bits per heavy atom. The van der Waals surface area contributed by atoms with Crippen LogP contribution in [0.15, 0.2) is 36.4 Å². The van der Waals surface area contributed by atoms with E-state index in [0.29, 0.717) is 12.8 Å². The van der Waals surface area contributed by atoms with Crippen LogP contribution in [0.5, 0.6) is 0 Å². The van der Waals surface area contributed by atoms with E-state index in [9.17, 15) is 18.4 Å². The number of rotatable bonds is 4. The van der Waals surface area contributed by atoms with E-state index in [1.54, 1.807) is 12.1 Å². The summed E-state index contributed by atoms with van der Waals surface area (Å²) in [5.41, 5.74) is 0.269. The number of benzene rings is 2. The fraction of sp³-hybridized carbons (Fsp3) is 0.167.